The first-order valence-corrected chi connectivity index (χ1v) is 7.92. The van der Waals surface area contributed by atoms with E-state index in [1.165, 1.54) is 24.5 Å². The van der Waals surface area contributed by atoms with Gasteiger partial charge in [-0.2, -0.15) is 0 Å². The van der Waals surface area contributed by atoms with Crippen LogP contribution in [0.15, 0.2) is 47.1 Å². The molecule has 2 heterocycles. The van der Waals surface area contributed by atoms with Gasteiger partial charge in [0.05, 0.1) is 17.1 Å². The van der Waals surface area contributed by atoms with E-state index in [0.29, 0.717) is 31.6 Å². The molecule has 0 aliphatic carbocycles. The number of carbonyl (C=O) groups excluding carboxylic acids is 2. The molecule has 0 saturated carbocycles. The smallest absolute Gasteiger partial charge is 0.289 e. The van der Waals surface area contributed by atoms with Crippen LogP contribution in [0.3, 0.4) is 0 Å². The predicted octanol–water partition coefficient (Wildman–Crippen LogP) is 2.68. The molecule has 0 radical (unpaired) electrons. The Labute approximate surface area is 143 Å². The summed E-state index contributed by atoms with van der Waals surface area (Å²) >= 11 is 0. The summed E-state index contributed by atoms with van der Waals surface area (Å²) in [6, 6.07) is 9.02. The molecule has 0 spiro atoms. The van der Waals surface area contributed by atoms with Gasteiger partial charge in [0, 0.05) is 30.9 Å². The van der Waals surface area contributed by atoms with E-state index < -0.39 is 4.92 Å². The molecule has 1 aromatic carbocycles. The van der Waals surface area contributed by atoms with Gasteiger partial charge in [0.2, 0.25) is 5.91 Å². The molecule has 0 bridgehead atoms. The maximum absolute atomic E-state index is 12.5. The molecule has 2 aromatic rings. The van der Waals surface area contributed by atoms with Gasteiger partial charge in [-0.25, -0.2) is 0 Å². The number of carbonyl (C=O) groups is 2. The number of non-ortho nitro benzene ring substituents is 1. The van der Waals surface area contributed by atoms with Gasteiger partial charge in [-0.15, -0.1) is 0 Å². The number of nitrogens with one attached hydrogen (secondary N) is 1. The van der Waals surface area contributed by atoms with Crippen molar-refractivity contribution < 1.29 is 18.9 Å². The molecule has 130 valence electrons. The third-order valence-electron chi connectivity index (χ3n) is 4.14. The number of furan rings is 1. The van der Waals surface area contributed by atoms with E-state index in [4.69, 9.17) is 4.42 Å². The number of benzene rings is 1. The monoisotopic (exact) mass is 343 g/mol. The molecular weight excluding hydrogens is 326 g/mol. The molecule has 8 heteroatoms. The van der Waals surface area contributed by atoms with Gasteiger partial charge < -0.3 is 14.6 Å². The molecule has 8 nitrogen and oxygen atoms in total. The SMILES string of the molecule is O=C(Nc1cccc([N+](=O)[O-])c1)[C@@H]1CCCN(C(=O)c2ccco2)C1. The number of rotatable bonds is 4. The standard InChI is InChI=1S/C17H17N3O5/c21-16(18-13-5-1-6-14(10-13)20(23)24)12-4-2-8-19(11-12)17(22)15-7-3-9-25-15/h1,3,5-7,9-10,12H,2,4,8,11H2,(H,18,21)/t12-/m1/s1. The molecule has 0 unspecified atom stereocenters. The molecule has 1 aromatic heterocycles. The maximum atomic E-state index is 12.5. The van der Waals surface area contributed by atoms with Crippen molar-refractivity contribution in [2.24, 2.45) is 5.92 Å². The zero-order chi connectivity index (χ0) is 17.8. The van der Waals surface area contributed by atoms with Crippen molar-refractivity contribution in [3.8, 4) is 0 Å². The summed E-state index contributed by atoms with van der Waals surface area (Å²) in [4.78, 5) is 36.7. The Morgan fingerprint density at radius 1 is 1.28 bits per heavy atom. The second-order valence-corrected chi connectivity index (χ2v) is 5.86. The van der Waals surface area contributed by atoms with Crippen LogP contribution in [0.1, 0.15) is 23.4 Å². The van der Waals surface area contributed by atoms with Crippen LogP contribution in [0.25, 0.3) is 0 Å². The van der Waals surface area contributed by atoms with Crippen molar-refractivity contribution in [2.45, 2.75) is 12.8 Å². The fraction of sp³-hybridized carbons (Fsp3) is 0.294. The highest BCUT2D eigenvalue weighted by atomic mass is 16.6. The Bertz CT molecular complexity index is 787. The van der Waals surface area contributed by atoms with Gasteiger partial charge in [0.15, 0.2) is 5.76 Å². The number of hydrogen-bond acceptors (Lipinski definition) is 5. The van der Waals surface area contributed by atoms with E-state index in [9.17, 15) is 19.7 Å². The van der Waals surface area contributed by atoms with E-state index in [1.54, 1.807) is 23.1 Å². The van der Waals surface area contributed by atoms with E-state index in [2.05, 4.69) is 5.32 Å². The summed E-state index contributed by atoms with van der Waals surface area (Å²) in [6.07, 6.45) is 2.80. The van der Waals surface area contributed by atoms with E-state index in [1.807, 2.05) is 0 Å². The van der Waals surface area contributed by atoms with Crippen molar-refractivity contribution in [1.82, 2.24) is 4.90 Å². The second-order valence-electron chi connectivity index (χ2n) is 5.86. The van der Waals surface area contributed by atoms with Crippen LogP contribution in [0.5, 0.6) is 0 Å². The number of hydrogen-bond donors (Lipinski definition) is 1. The van der Waals surface area contributed by atoms with Crippen LogP contribution in [0.4, 0.5) is 11.4 Å². The fourth-order valence-electron chi connectivity index (χ4n) is 2.87. The van der Waals surface area contributed by atoms with Crippen LogP contribution >= 0.6 is 0 Å². The minimum atomic E-state index is -0.514. The highest BCUT2D eigenvalue weighted by Crippen LogP contribution is 2.22. The van der Waals surface area contributed by atoms with E-state index in [0.717, 1.165) is 0 Å². The normalized spacial score (nSPS) is 17.1. The van der Waals surface area contributed by atoms with Crippen LogP contribution < -0.4 is 5.32 Å². The summed E-state index contributed by atoms with van der Waals surface area (Å²) in [6.45, 7) is 0.862. The van der Waals surface area contributed by atoms with Gasteiger partial charge in [0.1, 0.15) is 0 Å². The second kappa shape index (κ2) is 7.16. The highest BCUT2D eigenvalue weighted by molar-refractivity contribution is 5.95. The third kappa shape index (κ3) is 3.85. The van der Waals surface area contributed by atoms with Crippen LogP contribution in [0, 0.1) is 16.0 Å². The molecule has 2 amide bonds. The van der Waals surface area contributed by atoms with Crippen LogP contribution in [0.2, 0.25) is 0 Å². The molecule has 1 aliphatic rings. The molecule has 1 aliphatic heterocycles. The highest BCUT2D eigenvalue weighted by Gasteiger charge is 2.30. The molecule has 1 fully saturated rings. The minimum absolute atomic E-state index is 0.0870. The Hall–Kier alpha value is -3.16. The number of likely N-dealkylation sites (tertiary alicyclic amines) is 1. The minimum Gasteiger partial charge on any atom is -0.459 e. The van der Waals surface area contributed by atoms with Crippen molar-refractivity contribution in [3.05, 3.63) is 58.5 Å². The number of anilines is 1. The Kier molecular flexibility index (Phi) is 4.78. The Morgan fingerprint density at radius 3 is 2.84 bits per heavy atom. The molecule has 1 atom stereocenters. The largest absolute Gasteiger partial charge is 0.459 e. The van der Waals surface area contributed by atoms with Crippen molar-refractivity contribution in [1.29, 1.82) is 0 Å². The zero-order valence-electron chi connectivity index (χ0n) is 13.4. The summed E-state index contributed by atoms with van der Waals surface area (Å²) in [7, 11) is 0. The van der Waals surface area contributed by atoms with Gasteiger partial charge in [-0.1, -0.05) is 6.07 Å². The maximum Gasteiger partial charge on any atom is 0.289 e. The van der Waals surface area contributed by atoms with Gasteiger partial charge >= 0.3 is 0 Å². The summed E-state index contributed by atoms with van der Waals surface area (Å²) in [5.41, 5.74) is 0.282. The van der Waals surface area contributed by atoms with Gasteiger partial charge in [0.25, 0.3) is 11.6 Å². The van der Waals surface area contributed by atoms with Gasteiger partial charge in [-0.3, -0.25) is 19.7 Å². The fourth-order valence-corrected chi connectivity index (χ4v) is 2.87. The first kappa shape index (κ1) is 16.7. The van der Waals surface area contributed by atoms with Gasteiger partial charge in [-0.05, 0) is 31.0 Å². The van der Waals surface area contributed by atoms with E-state index in [-0.39, 0.29) is 29.2 Å². The molecule has 25 heavy (non-hydrogen) atoms. The molecule has 3 rings (SSSR count). The van der Waals surface area contributed by atoms with Crippen molar-refractivity contribution in [2.75, 3.05) is 18.4 Å². The Balaban J connectivity index is 1.65. The first-order chi connectivity index (χ1) is 12.0. The number of amides is 2. The Morgan fingerprint density at radius 2 is 2.12 bits per heavy atom. The summed E-state index contributed by atoms with van der Waals surface area (Å²) in [5.74, 6) is -0.609. The van der Waals surface area contributed by atoms with Crippen LogP contribution in [-0.4, -0.2) is 34.7 Å². The predicted molar refractivity (Wildman–Crippen MR) is 89.1 cm³/mol. The molecule has 1 N–H and O–H groups in total. The lowest BCUT2D eigenvalue weighted by atomic mass is 9.96. The molecular formula is C17H17N3O5. The lowest BCUT2D eigenvalue weighted by molar-refractivity contribution is -0.384. The average Bonchev–Trinajstić information content (AvgIpc) is 3.16. The quantitative estimate of drug-likeness (QED) is 0.678. The topological polar surface area (TPSA) is 106 Å². The number of nitro groups is 1. The van der Waals surface area contributed by atoms with Crippen LogP contribution in [-0.2, 0) is 4.79 Å². The lowest BCUT2D eigenvalue weighted by Crippen LogP contribution is -2.43. The zero-order valence-corrected chi connectivity index (χ0v) is 13.4. The van der Waals surface area contributed by atoms with Crippen molar-refractivity contribution >= 4 is 23.2 Å². The number of piperidine rings is 1. The molecule has 1 saturated heterocycles. The number of nitrogens with zero attached hydrogens (tertiary/aromatic N) is 2. The van der Waals surface area contributed by atoms with Crippen molar-refractivity contribution in [3.63, 3.8) is 0 Å². The first-order valence-electron chi connectivity index (χ1n) is 7.92. The third-order valence-corrected chi connectivity index (χ3v) is 4.14. The number of nitro benzene ring substituents is 1. The summed E-state index contributed by atoms with van der Waals surface area (Å²) in [5, 5.41) is 13.5. The van der Waals surface area contributed by atoms with E-state index >= 15 is 0 Å². The lowest BCUT2D eigenvalue weighted by Gasteiger charge is -2.31. The average molecular weight is 343 g/mol. The summed E-state index contributed by atoms with van der Waals surface area (Å²) < 4.78 is 5.12.